The number of nitrogens with two attached hydrogens (primary N) is 1. The van der Waals surface area contributed by atoms with Crippen molar-refractivity contribution in [1.82, 2.24) is 5.43 Å². The molecule has 4 heteroatoms. The highest BCUT2D eigenvalue weighted by molar-refractivity contribution is 6.30. The summed E-state index contributed by atoms with van der Waals surface area (Å²) in [6.45, 7) is 4.29. The maximum absolute atomic E-state index is 13.7. The highest BCUT2D eigenvalue weighted by atomic mass is 35.5. The van der Waals surface area contributed by atoms with Crippen LogP contribution in [0.25, 0.3) is 0 Å². The molecule has 1 rings (SSSR count). The molecule has 2 unspecified atom stereocenters. The van der Waals surface area contributed by atoms with Gasteiger partial charge in [0.1, 0.15) is 5.82 Å². The zero-order valence-electron chi connectivity index (χ0n) is 10.3. The molecule has 0 aliphatic carbocycles. The minimum atomic E-state index is -0.263. The van der Waals surface area contributed by atoms with Crippen molar-refractivity contribution in [3.05, 3.63) is 34.6 Å². The molecule has 2 nitrogen and oxygen atoms in total. The lowest BCUT2D eigenvalue weighted by atomic mass is 9.93. The Labute approximate surface area is 107 Å². The van der Waals surface area contributed by atoms with E-state index in [2.05, 4.69) is 19.3 Å². The summed E-state index contributed by atoms with van der Waals surface area (Å²) in [5, 5.41) is 0.532. The third-order valence-electron chi connectivity index (χ3n) is 2.95. The normalized spacial score (nSPS) is 14.6. The molecular weight excluding hydrogens is 239 g/mol. The number of nitrogens with one attached hydrogen (secondary N) is 1. The Balaban J connectivity index is 2.82. The van der Waals surface area contributed by atoms with Crippen molar-refractivity contribution in [3.8, 4) is 0 Å². The topological polar surface area (TPSA) is 38.0 Å². The summed E-state index contributed by atoms with van der Waals surface area (Å²) in [5.74, 6) is 5.75. The van der Waals surface area contributed by atoms with Gasteiger partial charge in [-0.05, 0) is 30.5 Å². The van der Waals surface area contributed by atoms with Crippen molar-refractivity contribution in [3.63, 3.8) is 0 Å². The molecule has 1 aromatic rings. The van der Waals surface area contributed by atoms with Crippen molar-refractivity contribution < 1.29 is 4.39 Å². The Morgan fingerprint density at radius 1 is 1.47 bits per heavy atom. The van der Waals surface area contributed by atoms with E-state index in [1.807, 2.05) is 0 Å². The fourth-order valence-electron chi connectivity index (χ4n) is 2.08. The first-order valence-electron chi connectivity index (χ1n) is 5.99. The maximum Gasteiger partial charge on any atom is 0.128 e. The van der Waals surface area contributed by atoms with Crippen LogP contribution in [0, 0.1) is 11.7 Å². The summed E-state index contributed by atoms with van der Waals surface area (Å²) in [4.78, 5) is 0. The molecule has 0 fully saturated rings. The number of rotatable bonds is 6. The van der Waals surface area contributed by atoms with E-state index in [1.54, 1.807) is 12.1 Å². The molecule has 2 atom stereocenters. The van der Waals surface area contributed by atoms with Gasteiger partial charge in [0.25, 0.3) is 0 Å². The van der Waals surface area contributed by atoms with E-state index in [4.69, 9.17) is 17.4 Å². The van der Waals surface area contributed by atoms with E-state index in [-0.39, 0.29) is 11.9 Å². The summed E-state index contributed by atoms with van der Waals surface area (Å²) >= 11 is 5.88. The van der Waals surface area contributed by atoms with Gasteiger partial charge >= 0.3 is 0 Å². The second-order valence-electron chi connectivity index (χ2n) is 4.51. The third-order valence-corrected chi connectivity index (χ3v) is 3.19. The number of hydrazine groups is 1. The average Bonchev–Trinajstić information content (AvgIpc) is 2.30. The van der Waals surface area contributed by atoms with Crippen LogP contribution in [0.3, 0.4) is 0 Å². The molecule has 3 N–H and O–H groups in total. The molecule has 0 spiro atoms. The molecule has 0 aromatic heterocycles. The summed E-state index contributed by atoms with van der Waals surface area (Å²) in [7, 11) is 0. The average molecular weight is 259 g/mol. The lowest BCUT2D eigenvalue weighted by Gasteiger charge is -2.21. The Bertz CT molecular complexity index is 357. The van der Waals surface area contributed by atoms with E-state index in [9.17, 15) is 4.39 Å². The molecule has 0 heterocycles. The molecule has 0 radical (unpaired) electrons. The highest BCUT2D eigenvalue weighted by Gasteiger charge is 2.17. The van der Waals surface area contributed by atoms with Gasteiger partial charge in [-0.25, -0.2) is 4.39 Å². The lowest BCUT2D eigenvalue weighted by molar-refractivity contribution is 0.385. The molecule has 0 bridgehead atoms. The van der Waals surface area contributed by atoms with Crippen LogP contribution >= 0.6 is 11.6 Å². The van der Waals surface area contributed by atoms with Crippen LogP contribution in [-0.2, 0) is 0 Å². The van der Waals surface area contributed by atoms with Gasteiger partial charge in [-0.3, -0.25) is 11.3 Å². The quantitative estimate of drug-likeness (QED) is 0.602. The van der Waals surface area contributed by atoms with E-state index >= 15 is 0 Å². The Morgan fingerprint density at radius 2 is 2.18 bits per heavy atom. The second kappa shape index (κ2) is 6.94. The van der Waals surface area contributed by atoms with Crippen LogP contribution in [0.2, 0.25) is 5.02 Å². The summed E-state index contributed by atoms with van der Waals surface area (Å²) in [6.07, 6.45) is 3.04. The summed E-state index contributed by atoms with van der Waals surface area (Å²) < 4.78 is 13.7. The first kappa shape index (κ1) is 14.4. The van der Waals surface area contributed by atoms with Crippen LogP contribution in [-0.4, -0.2) is 0 Å². The first-order valence-corrected chi connectivity index (χ1v) is 6.37. The second-order valence-corrected chi connectivity index (χ2v) is 4.95. The molecule has 96 valence electrons. The van der Waals surface area contributed by atoms with Crippen molar-refractivity contribution in [2.45, 2.75) is 39.2 Å². The molecule has 0 amide bonds. The fourth-order valence-corrected chi connectivity index (χ4v) is 2.26. The van der Waals surface area contributed by atoms with Crippen molar-refractivity contribution in [2.75, 3.05) is 0 Å². The SMILES string of the molecule is CCCC(C)CC(NN)c1cc(Cl)ccc1F. The number of hydrogen-bond acceptors (Lipinski definition) is 2. The maximum atomic E-state index is 13.7. The van der Waals surface area contributed by atoms with Gasteiger partial charge in [0, 0.05) is 16.6 Å². The zero-order chi connectivity index (χ0) is 12.8. The van der Waals surface area contributed by atoms with Crippen LogP contribution in [0.15, 0.2) is 18.2 Å². The molecule has 17 heavy (non-hydrogen) atoms. The van der Waals surface area contributed by atoms with E-state index in [0.717, 1.165) is 19.3 Å². The lowest BCUT2D eigenvalue weighted by Crippen LogP contribution is -2.30. The number of hydrogen-bond donors (Lipinski definition) is 2. The number of halogens is 2. The Morgan fingerprint density at radius 3 is 2.76 bits per heavy atom. The first-order chi connectivity index (χ1) is 8.08. The standard InChI is InChI=1S/C13H20ClFN2/c1-3-4-9(2)7-13(17-16)11-8-10(14)5-6-12(11)15/h5-6,8-9,13,17H,3-4,7,16H2,1-2H3. The van der Waals surface area contributed by atoms with E-state index < -0.39 is 0 Å². The van der Waals surface area contributed by atoms with Crippen molar-refractivity contribution in [2.24, 2.45) is 11.8 Å². The van der Waals surface area contributed by atoms with Crippen LogP contribution in [0.1, 0.15) is 44.7 Å². The van der Waals surface area contributed by atoms with Crippen molar-refractivity contribution >= 4 is 11.6 Å². The predicted molar refractivity (Wildman–Crippen MR) is 70.2 cm³/mol. The van der Waals surface area contributed by atoms with E-state index in [0.29, 0.717) is 16.5 Å². The number of benzene rings is 1. The summed E-state index contributed by atoms with van der Waals surface area (Å²) in [5.41, 5.74) is 3.22. The van der Waals surface area contributed by atoms with Gasteiger partial charge < -0.3 is 0 Å². The minimum Gasteiger partial charge on any atom is -0.271 e. The third kappa shape index (κ3) is 4.26. The Hall–Kier alpha value is -0.640. The van der Waals surface area contributed by atoms with Gasteiger partial charge in [0.05, 0.1) is 0 Å². The minimum absolute atomic E-state index is 0.185. The van der Waals surface area contributed by atoms with E-state index in [1.165, 1.54) is 6.07 Å². The van der Waals surface area contributed by atoms with Gasteiger partial charge in [0.15, 0.2) is 0 Å². The summed E-state index contributed by atoms with van der Waals surface area (Å²) in [6, 6.07) is 4.38. The van der Waals surface area contributed by atoms with Crippen LogP contribution < -0.4 is 11.3 Å². The van der Waals surface area contributed by atoms with Gasteiger partial charge in [-0.1, -0.05) is 38.3 Å². The smallest absolute Gasteiger partial charge is 0.128 e. The zero-order valence-corrected chi connectivity index (χ0v) is 11.1. The predicted octanol–water partition coefficient (Wildman–Crippen LogP) is 3.81. The largest absolute Gasteiger partial charge is 0.271 e. The van der Waals surface area contributed by atoms with Gasteiger partial charge in [-0.15, -0.1) is 0 Å². The molecule has 1 aromatic carbocycles. The fraction of sp³-hybridized carbons (Fsp3) is 0.538. The monoisotopic (exact) mass is 258 g/mol. The molecule has 0 aliphatic rings. The highest BCUT2D eigenvalue weighted by Crippen LogP contribution is 2.27. The van der Waals surface area contributed by atoms with Crippen LogP contribution in [0.5, 0.6) is 0 Å². The van der Waals surface area contributed by atoms with Crippen LogP contribution in [0.4, 0.5) is 4.39 Å². The molecule has 0 saturated carbocycles. The molecule has 0 aliphatic heterocycles. The van der Waals surface area contributed by atoms with Crippen molar-refractivity contribution in [1.29, 1.82) is 0 Å². The van der Waals surface area contributed by atoms with Gasteiger partial charge in [0.2, 0.25) is 0 Å². The Kier molecular flexibility index (Phi) is 5.89. The molecule has 0 saturated heterocycles. The van der Waals surface area contributed by atoms with Gasteiger partial charge in [-0.2, -0.15) is 0 Å². The molecular formula is C13H20ClFN2.